The molecule has 1 aromatic rings. The summed E-state index contributed by atoms with van der Waals surface area (Å²) in [5.74, 6) is 0.815. The van der Waals surface area contributed by atoms with Gasteiger partial charge in [-0.15, -0.1) is 11.3 Å². The van der Waals surface area contributed by atoms with Crippen molar-refractivity contribution in [2.24, 2.45) is 11.3 Å². The van der Waals surface area contributed by atoms with Crippen LogP contribution >= 0.6 is 27.3 Å². The fraction of sp³-hybridized carbons (Fsp3) is 0.750. The molecule has 0 amide bonds. The number of hydrogen-bond donors (Lipinski definition) is 1. The highest BCUT2D eigenvalue weighted by Gasteiger charge is 2.50. The van der Waals surface area contributed by atoms with Crippen LogP contribution in [0.1, 0.15) is 38.0 Å². The Hall–Kier alpha value is 0.1000. The van der Waals surface area contributed by atoms with E-state index in [0.717, 1.165) is 25.5 Å². The van der Waals surface area contributed by atoms with Crippen LogP contribution in [0, 0.1) is 11.3 Å². The first-order chi connectivity index (χ1) is 9.59. The summed E-state index contributed by atoms with van der Waals surface area (Å²) in [7, 11) is 0. The Morgan fingerprint density at radius 1 is 1.45 bits per heavy atom. The van der Waals surface area contributed by atoms with E-state index in [4.69, 9.17) is 4.74 Å². The second-order valence-corrected chi connectivity index (χ2v) is 9.21. The van der Waals surface area contributed by atoms with Crippen LogP contribution in [-0.4, -0.2) is 25.3 Å². The fourth-order valence-corrected chi connectivity index (χ4v) is 5.02. The highest BCUT2D eigenvalue weighted by atomic mass is 79.9. The Kier molecular flexibility index (Phi) is 4.56. The molecule has 0 spiro atoms. The van der Waals surface area contributed by atoms with Crippen molar-refractivity contribution in [3.63, 3.8) is 0 Å². The Bertz CT molecular complexity index is 457. The molecule has 0 bridgehead atoms. The van der Waals surface area contributed by atoms with Gasteiger partial charge in [0.15, 0.2) is 0 Å². The summed E-state index contributed by atoms with van der Waals surface area (Å²) in [5.41, 5.74) is 0.301. The van der Waals surface area contributed by atoms with E-state index < -0.39 is 0 Å². The lowest BCUT2D eigenvalue weighted by Gasteiger charge is -2.35. The molecular formula is C16H24BrNOS. The SMILES string of the molecule is CC(C)NCC1(Cc2ccc(Br)s2)CCOC1C1CC1. The molecule has 0 aromatic carbocycles. The van der Waals surface area contributed by atoms with Gasteiger partial charge in [-0.2, -0.15) is 0 Å². The third-order valence-electron chi connectivity index (χ3n) is 4.57. The number of nitrogens with one attached hydrogen (secondary N) is 1. The summed E-state index contributed by atoms with van der Waals surface area (Å²) in [6.07, 6.45) is 5.55. The molecule has 2 atom stereocenters. The highest BCUT2D eigenvalue weighted by Crippen LogP contribution is 2.49. The van der Waals surface area contributed by atoms with Gasteiger partial charge in [0, 0.05) is 29.5 Å². The van der Waals surface area contributed by atoms with Gasteiger partial charge in [0.1, 0.15) is 0 Å². The zero-order valence-corrected chi connectivity index (χ0v) is 14.7. The molecule has 20 heavy (non-hydrogen) atoms. The molecule has 1 saturated carbocycles. The van der Waals surface area contributed by atoms with Crippen LogP contribution in [0.3, 0.4) is 0 Å². The van der Waals surface area contributed by atoms with Crippen molar-refractivity contribution in [3.05, 3.63) is 20.8 Å². The van der Waals surface area contributed by atoms with E-state index in [-0.39, 0.29) is 0 Å². The fourth-order valence-electron chi connectivity index (χ4n) is 3.38. The predicted octanol–water partition coefficient (Wildman–Crippen LogP) is 4.24. The van der Waals surface area contributed by atoms with Gasteiger partial charge in [-0.1, -0.05) is 13.8 Å². The summed E-state index contributed by atoms with van der Waals surface area (Å²) in [4.78, 5) is 1.48. The van der Waals surface area contributed by atoms with Crippen molar-refractivity contribution in [2.75, 3.05) is 13.2 Å². The first-order valence-corrected chi connectivity index (χ1v) is 9.29. The van der Waals surface area contributed by atoms with Gasteiger partial charge in [0.2, 0.25) is 0 Å². The maximum atomic E-state index is 6.16. The van der Waals surface area contributed by atoms with Gasteiger partial charge >= 0.3 is 0 Å². The lowest BCUT2D eigenvalue weighted by Crippen LogP contribution is -2.45. The first-order valence-electron chi connectivity index (χ1n) is 7.68. The second kappa shape index (κ2) is 6.07. The first kappa shape index (κ1) is 15.0. The van der Waals surface area contributed by atoms with Gasteiger partial charge in [0.25, 0.3) is 0 Å². The summed E-state index contributed by atoms with van der Waals surface area (Å²) in [6.45, 7) is 6.49. The standard InChI is InChI=1S/C16H24BrNOS/c1-11(2)18-10-16(9-13-5-6-14(17)20-13)7-8-19-15(16)12-3-4-12/h5-6,11-12,15,18H,3-4,7-10H2,1-2H3. The highest BCUT2D eigenvalue weighted by molar-refractivity contribution is 9.11. The minimum absolute atomic E-state index is 0.301. The van der Waals surface area contributed by atoms with E-state index in [1.165, 1.54) is 27.9 Å². The van der Waals surface area contributed by atoms with Crippen LogP contribution in [0.5, 0.6) is 0 Å². The summed E-state index contributed by atoms with van der Waals surface area (Å²) >= 11 is 5.46. The van der Waals surface area contributed by atoms with E-state index >= 15 is 0 Å². The Labute approximate surface area is 134 Å². The zero-order valence-electron chi connectivity index (χ0n) is 12.3. The summed E-state index contributed by atoms with van der Waals surface area (Å²) in [6, 6.07) is 4.99. The Morgan fingerprint density at radius 3 is 2.85 bits per heavy atom. The van der Waals surface area contributed by atoms with Gasteiger partial charge in [-0.25, -0.2) is 0 Å². The van der Waals surface area contributed by atoms with E-state index in [1.807, 2.05) is 11.3 Å². The van der Waals surface area contributed by atoms with Crippen LogP contribution in [0.2, 0.25) is 0 Å². The lowest BCUT2D eigenvalue weighted by molar-refractivity contribution is 0.0302. The maximum Gasteiger partial charge on any atom is 0.0701 e. The molecule has 2 aliphatic rings. The number of thiophene rings is 1. The van der Waals surface area contributed by atoms with Crippen molar-refractivity contribution < 1.29 is 4.74 Å². The van der Waals surface area contributed by atoms with E-state index in [1.54, 1.807) is 0 Å². The van der Waals surface area contributed by atoms with E-state index in [0.29, 0.717) is 17.6 Å². The third-order valence-corrected chi connectivity index (χ3v) is 6.19. The molecule has 1 aliphatic heterocycles. The molecule has 1 aliphatic carbocycles. The smallest absolute Gasteiger partial charge is 0.0701 e. The number of hydrogen-bond acceptors (Lipinski definition) is 3. The molecule has 2 nitrogen and oxygen atoms in total. The number of rotatable bonds is 6. The molecule has 0 radical (unpaired) electrons. The van der Waals surface area contributed by atoms with Crippen molar-refractivity contribution in [3.8, 4) is 0 Å². The van der Waals surface area contributed by atoms with Crippen LogP contribution in [0.25, 0.3) is 0 Å². The van der Waals surface area contributed by atoms with Crippen LogP contribution in [0.15, 0.2) is 15.9 Å². The molecule has 112 valence electrons. The molecule has 1 aromatic heterocycles. The van der Waals surface area contributed by atoms with E-state index in [2.05, 4.69) is 47.2 Å². The second-order valence-electron chi connectivity index (χ2n) is 6.66. The molecular weight excluding hydrogens is 334 g/mol. The normalized spacial score (nSPS) is 30.3. The van der Waals surface area contributed by atoms with Crippen LogP contribution in [0.4, 0.5) is 0 Å². The maximum absolute atomic E-state index is 6.16. The van der Waals surface area contributed by atoms with Gasteiger partial charge in [0.05, 0.1) is 9.89 Å². The van der Waals surface area contributed by atoms with Gasteiger partial charge in [-0.3, -0.25) is 0 Å². The zero-order chi connectivity index (χ0) is 14.2. The van der Waals surface area contributed by atoms with E-state index in [9.17, 15) is 0 Å². The van der Waals surface area contributed by atoms with Crippen LogP contribution < -0.4 is 5.32 Å². The molecule has 1 saturated heterocycles. The quantitative estimate of drug-likeness (QED) is 0.821. The van der Waals surface area contributed by atoms with Crippen molar-refractivity contribution in [1.82, 2.24) is 5.32 Å². The predicted molar refractivity (Wildman–Crippen MR) is 88.4 cm³/mol. The monoisotopic (exact) mass is 357 g/mol. The molecule has 4 heteroatoms. The Balaban J connectivity index is 1.78. The molecule has 2 unspecified atom stereocenters. The summed E-state index contributed by atoms with van der Waals surface area (Å²) in [5, 5.41) is 3.68. The number of ether oxygens (including phenoxy) is 1. The van der Waals surface area contributed by atoms with Crippen molar-refractivity contribution >= 4 is 27.3 Å². The molecule has 3 rings (SSSR count). The minimum atomic E-state index is 0.301. The van der Waals surface area contributed by atoms with Crippen molar-refractivity contribution in [1.29, 1.82) is 0 Å². The lowest BCUT2D eigenvalue weighted by atomic mass is 9.75. The average molecular weight is 358 g/mol. The Morgan fingerprint density at radius 2 is 2.25 bits per heavy atom. The molecule has 1 N–H and O–H groups in total. The molecule has 2 heterocycles. The topological polar surface area (TPSA) is 21.3 Å². The van der Waals surface area contributed by atoms with Gasteiger partial charge in [-0.05, 0) is 59.7 Å². The molecule has 2 fully saturated rings. The minimum Gasteiger partial charge on any atom is -0.377 e. The summed E-state index contributed by atoms with van der Waals surface area (Å²) < 4.78 is 7.39. The van der Waals surface area contributed by atoms with Crippen molar-refractivity contribution in [2.45, 2.75) is 51.7 Å². The van der Waals surface area contributed by atoms with Crippen LogP contribution in [-0.2, 0) is 11.2 Å². The number of halogens is 1. The third kappa shape index (κ3) is 3.29. The average Bonchev–Trinajstić information content (AvgIpc) is 3.04. The van der Waals surface area contributed by atoms with Gasteiger partial charge < -0.3 is 10.1 Å². The largest absolute Gasteiger partial charge is 0.377 e.